The molecule has 0 aromatic heterocycles. The second kappa shape index (κ2) is 23.0. The normalized spacial score (nSPS) is 11.4. The predicted molar refractivity (Wildman–Crippen MR) is 351 cm³/mol. The van der Waals surface area contributed by atoms with Crippen LogP contribution in [0.3, 0.4) is 0 Å². The van der Waals surface area contributed by atoms with Crippen molar-refractivity contribution < 1.29 is 0 Å². The van der Waals surface area contributed by atoms with Gasteiger partial charge in [0.05, 0.1) is 5.69 Å². The number of nitrogens with zero attached hydrogens (tertiary/aromatic N) is 3. The SMILES string of the molecule is C=C/C(=C\C)N(c1ccc(-c2ccc(Nc3ccc(Cc4ccc(N(c5ccc(-c6ccc(N(c7ccccc7)c7ccc8ccccc8c7)cc6)cc5)c5cccc6ccccc56)cc4)cc3)cc2)cc1)c1ccc2ccccc2c1. The zero-order chi connectivity index (χ0) is 55.2. The molecule has 392 valence electrons. The van der Waals surface area contributed by atoms with Crippen molar-refractivity contribution in [3.05, 3.63) is 339 Å². The highest BCUT2D eigenvalue weighted by Gasteiger charge is 2.18. The van der Waals surface area contributed by atoms with E-state index in [1.165, 1.54) is 43.4 Å². The number of fused-ring (bicyclic) bond motifs is 3. The lowest BCUT2D eigenvalue weighted by atomic mass is 10.0. The third-order valence-corrected chi connectivity index (χ3v) is 15.5. The number of anilines is 10. The van der Waals surface area contributed by atoms with Crippen LogP contribution in [0.15, 0.2) is 328 Å². The summed E-state index contributed by atoms with van der Waals surface area (Å²) in [4.78, 5) is 6.97. The second-order valence-corrected chi connectivity index (χ2v) is 20.7. The first-order valence-corrected chi connectivity index (χ1v) is 28.1. The maximum atomic E-state index is 4.13. The monoisotopic (exact) mass is 1050 g/mol. The van der Waals surface area contributed by atoms with Crippen molar-refractivity contribution in [1.29, 1.82) is 0 Å². The van der Waals surface area contributed by atoms with Gasteiger partial charge in [0.1, 0.15) is 0 Å². The average Bonchev–Trinajstić information content (AvgIpc) is 3.74. The third-order valence-electron chi connectivity index (χ3n) is 15.5. The Bertz CT molecular complexity index is 4370. The molecular weight excluding hydrogens is 993 g/mol. The van der Waals surface area contributed by atoms with Gasteiger partial charge in [-0.05, 0) is 195 Å². The zero-order valence-electron chi connectivity index (χ0n) is 45.8. The molecule has 0 radical (unpaired) electrons. The lowest BCUT2D eigenvalue weighted by Gasteiger charge is -2.27. The minimum atomic E-state index is 0.824. The topological polar surface area (TPSA) is 21.8 Å². The Labute approximate surface area is 481 Å². The lowest BCUT2D eigenvalue weighted by molar-refractivity contribution is 1.19. The van der Waals surface area contributed by atoms with E-state index >= 15 is 0 Å². The molecule has 0 saturated heterocycles. The quantitative estimate of drug-likeness (QED) is 0.0974. The van der Waals surface area contributed by atoms with E-state index in [4.69, 9.17) is 0 Å². The van der Waals surface area contributed by atoms with Crippen LogP contribution in [0.1, 0.15) is 18.1 Å². The van der Waals surface area contributed by atoms with Crippen LogP contribution in [-0.4, -0.2) is 0 Å². The first kappa shape index (κ1) is 50.8. The zero-order valence-corrected chi connectivity index (χ0v) is 45.8. The van der Waals surface area contributed by atoms with E-state index in [1.54, 1.807) is 0 Å². The van der Waals surface area contributed by atoms with Gasteiger partial charge in [0.15, 0.2) is 0 Å². The molecule has 0 aliphatic rings. The molecule has 0 amide bonds. The van der Waals surface area contributed by atoms with E-state index in [2.05, 4.69) is 343 Å². The molecular formula is C78H60N4. The molecule has 0 aliphatic heterocycles. The van der Waals surface area contributed by atoms with Crippen LogP contribution in [0.5, 0.6) is 0 Å². The fourth-order valence-corrected chi connectivity index (χ4v) is 11.3. The van der Waals surface area contributed by atoms with Crippen LogP contribution in [-0.2, 0) is 6.42 Å². The van der Waals surface area contributed by atoms with Crippen LogP contribution >= 0.6 is 0 Å². The van der Waals surface area contributed by atoms with Gasteiger partial charge in [0, 0.05) is 62.3 Å². The molecule has 13 rings (SSSR count). The van der Waals surface area contributed by atoms with Gasteiger partial charge in [-0.3, -0.25) is 0 Å². The first-order valence-electron chi connectivity index (χ1n) is 28.1. The highest BCUT2D eigenvalue weighted by atomic mass is 15.2. The Hall–Kier alpha value is -10.7. The van der Waals surface area contributed by atoms with Crippen LogP contribution in [0.25, 0.3) is 54.6 Å². The van der Waals surface area contributed by atoms with E-state index in [-0.39, 0.29) is 0 Å². The first-order chi connectivity index (χ1) is 40.5. The Balaban J connectivity index is 0.694. The van der Waals surface area contributed by atoms with Gasteiger partial charge < -0.3 is 20.0 Å². The molecule has 13 aromatic rings. The molecule has 0 unspecified atom stereocenters. The Morgan fingerprint density at radius 3 is 1.30 bits per heavy atom. The number of hydrogen-bond acceptors (Lipinski definition) is 4. The van der Waals surface area contributed by atoms with Gasteiger partial charge in [0.25, 0.3) is 0 Å². The molecule has 0 atom stereocenters. The van der Waals surface area contributed by atoms with Crippen molar-refractivity contribution in [2.24, 2.45) is 0 Å². The van der Waals surface area contributed by atoms with Crippen molar-refractivity contribution in [2.45, 2.75) is 13.3 Å². The summed E-state index contributed by atoms with van der Waals surface area (Å²) in [6.07, 6.45) is 4.84. The van der Waals surface area contributed by atoms with E-state index < -0.39 is 0 Å². The number of benzene rings is 13. The largest absolute Gasteiger partial charge is 0.356 e. The minimum Gasteiger partial charge on any atom is -0.356 e. The van der Waals surface area contributed by atoms with Gasteiger partial charge in [0.2, 0.25) is 0 Å². The molecule has 0 heterocycles. The van der Waals surface area contributed by atoms with Crippen molar-refractivity contribution in [3.8, 4) is 22.3 Å². The number of allylic oxidation sites excluding steroid dienone is 2. The maximum Gasteiger partial charge on any atom is 0.0540 e. The average molecular weight is 1050 g/mol. The summed E-state index contributed by atoms with van der Waals surface area (Å²) in [5.41, 5.74) is 19.1. The number of rotatable bonds is 16. The second-order valence-electron chi connectivity index (χ2n) is 20.7. The standard InChI is InChI=1S/C78H60N4/c1-3-69(4-2)80(75-51-37-58-15-8-10-18-65(58)54-75)71-45-31-61(32-46-71)60-29-41-68(42-30-60)79-67-39-25-56(26-40-67)53-57-27-43-73(44-28-57)82(78-24-14-20-64-17-12-13-23-77(64)78)74-49-35-63(36-50-74)62-33-47-72(48-34-62)81(70-21-6-5-7-22-70)76-52-38-59-16-9-11-19-66(59)55-76/h3-52,54-55,79H,1,53H2,2H3/b69-4+. The molecule has 13 aromatic carbocycles. The van der Waals surface area contributed by atoms with Gasteiger partial charge >= 0.3 is 0 Å². The smallest absolute Gasteiger partial charge is 0.0540 e. The summed E-state index contributed by atoms with van der Waals surface area (Å²) >= 11 is 0. The van der Waals surface area contributed by atoms with Gasteiger partial charge in [-0.15, -0.1) is 0 Å². The fourth-order valence-electron chi connectivity index (χ4n) is 11.3. The Kier molecular flexibility index (Phi) is 14.2. The van der Waals surface area contributed by atoms with E-state index in [1.807, 2.05) is 6.08 Å². The van der Waals surface area contributed by atoms with E-state index in [0.29, 0.717) is 0 Å². The fraction of sp³-hybridized carbons (Fsp3) is 0.0256. The summed E-state index contributed by atoms with van der Waals surface area (Å²) in [6.45, 7) is 6.18. The van der Waals surface area contributed by atoms with Gasteiger partial charge in [-0.25, -0.2) is 0 Å². The van der Waals surface area contributed by atoms with Gasteiger partial charge in [-0.2, -0.15) is 0 Å². The van der Waals surface area contributed by atoms with Crippen molar-refractivity contribution in [1.82, 2.24) is 0 Å². The summed E-state index contributed by atoms with van der Waals surface area (Å²) in [5.74, 6) is 0. The van der Waals surface area contributed by atoms with Crippen LogP contribution < -0.4 is 20.0 Å². The summed E-state index contributed by atoms with van der Waals surface area (Å²) in [7, 11) is 0. The van der Waals surface area contributed by atoms with Crippen LogP contribution in [0.2, 0.25) is 0 Å². The molecule has 1 N–H and O–H groups in total. The molecule has 0 fully saturated rings. The minimum absolute atomic E-state index is 0.824. The number of para-hydroxylation sites is 1. The number of hydrogen-bond donors (Lipinski definition) is 1. The lowest BCUT2D eigenvalue weighted by Crippen LogP contribution is -2.14. The molecule has 0 saturated carbocycles. The molecule has 0 aliphatic carbocycles. The van der Waals surface area contributed by atoms with Crippen molar-refractivity contribution >= 4 is 89.2 Å². The van der Waals surface area contributed by atoms with Gasteiger partial charge in [-0.1, -0.05) is 201 Å². The summed E-state index contributed by atoms with van der Waals surface area (Å²) < 4.78 is 0. The summed E-state index contributed by atoms with van der Waals surface area (Å²) in [6, 6.07) is 109. The van der Waals surface area contributed by atoms with Crippen LogP contribution in [0.4, 0.5) is 56.9 Å². The van der Waals surface area contributed by atoms with Crippen LogP contribution in [0, 0.1) is 0 Å². The molecule has 4 nitrogen and oxygen atoms in total. The highest BCUT2D eigenvalue weighted by molar-refractivity contribution is 5.99. The maximum absolute atomic E-state index is 4.13. The molecule has 82 heavy (non-hydrogen) atoms. The Morgan fingerprint density at radius 1 is 0.341 bits per heavy atom. The molecule has 4 heteroatoms. The summed E-state index contributed by atoms with van der Waals surface area (Å²) in [5, 5.41) is 10.9. The predicted octanol–water partition coefficient (Wildman–Crippen LogP) is 22.0. The van der Waals surface area contributed by atoms with E-state index in [9.17, 15) is 0 Å². The molecule has 0 bridgehead atoms. The molecule has 0 spiro atoms. The highest BCUT2D eigenvalue weighted by Crippen LogP contribution is 2.42. The number of nitrogens with one attached hydrogen (secondary N) is 1. The third kappa shape index (κ3) is 10.6. The van der Waals surface area contributed by atoms with Crippen molar-refractivity contribution in [3.63, 3.8) is 0 Å². The Morgan fingerprint density at radius 2 is 0.744 bits per heavy atom. The van der Waals surface area contributed by atoms with E-state index in [0.717, 1.165) is 91.2 Å². The van der Waals surface area contributed by atoms with Crippen molar-refractivity contribution in [2.75, 3.05) is 20.0 Å².